The molecule has 5 amide bonds. The van der Waals surface area contributed by atoms with Crippen molar-refractivity contribution in [2.75, 3.05) is 39.3 Å². The molecular weight excluding hydrogens is 560 g/mol. The Morgan fingerprint density at radius 1 is 1.20 bits per heavy atom. The zero-order valence-corrected chi connectivity index (χ0v) is 25.5. The summed E-state index contributed by atoms with van der Waals surface area (Å²) in [6.07, 6.45) is 13.6. The molecule has 11 heteroatoms. The third kappa shape index (κ3) is 8.08. The molecule has 2 fully saturated rings. The summed E-state index contributed by atoms with van der Waals surface area (Å²) in [6.45, 7) is 8.67. The number of allylic oxidation sites excluding steroid dienone is 2. The lowest BCUT2D eigenvalue weighted by Gasteiger charge is -2.55. The van der Waals surface area contributed by atoms with E-state index in [-0.39, 0.29) is 51.0 Å². The number of benzene rings is 1. The average molecular weight is 603 g/mol. The molecule has 0 bridgehead atoms. The molecule has 0 saturated carbocycles. The number of amides is 5. The number of ether oxygens (including phenoxy) is 1. The second kappa shape index (κ2) is 15.3. The summed E-state index contributed by atoms with van der Waals surface area (Å²) in [6, 6.07) is 6.68. The van der Waals surface area contributed by atoms with Gasteiger partial charge in [-0.2, -0.15) is 5.01 Å². The van der Waals surface area contributed by atoms with Gasteiger partial charge in [0.05, 0.1) is 19.6 Å². The first-order valence-electron chi connectivity index (χ1n) is 15.0. The van der Waals surface area contributed by atoms with E-state index < -0.39 is 24.3 Å². The van der Waals surface area contributed by atoms with Gasteiger partial charge in [0, 0.05) is 19.6 Å². The molecular formula is C33H42N6O5. The topological polar surface area (TPSA) is 115 Å². The zero-order valence-electron chi connectivity index (χ0n) is 25.5. The van der Waals surface area contributed by atoms with Crippen LogP contribution in [0.5, 0.6) is 0 Å². The second-order valence-electron chi connectivity index (χ2n) is 11.3. The summed E-state index contributed by atoms with van der Waals surface area (Å²) in [5, 5.41) is 8.73. The van der Waals surface area contributed by atoms with Crippen molar-refractivity contribution in [3.05, 3.63) is 71.8 Å². The number of nitrogens with zero attached hydrogens (tertiary/aromatic N) is 4. The molecule has 2 aliphatic heterocycles. The molecule has 1 aromatic rings. The molecule has 11 nitrogen and oxygen atoms in total. The van der Waals surface area contributed by atoms with Gasteiger partial charge in [-0.3, -0.25) is 9.59 Å². The molecule has 2 saturated heterocycles. The first-order chi connectivity index (χ1) is 21.2. The average Bonchev–Trinajstić information content (AvgIpc) is 3.00. The van der Waals surface area contributed by atoms with Crippen LogP contribution < -0.4 is 10.6 Å². The lowest BCUT2D eigenvalue weighted by atomic mass is 9.98. The quantitative estimate of drug-likeness (QED) is 0.229. The molecule has 0 spiro atoms. The summed E-state index contributed by atoms with van der Waals surface area (Å²) in [4.78, 5) is 56.5. The fourth-order valence-electron chi connectivity index (χ4n) is 5.60. The number of hydrogen-bond acceptors (Lipinski definition) is 6. The van der Waals surface area contributed by atoms with E-state index in [9.17, 15) is 19.2 Å². The predicted molar refractivity (Wildman–Crippen MR) is 166 cm³/mol. The number of piperazine rings is 1. The van der Waals surface area contributed by atoms with Crippen LogP contribution in [0, 0.1) is 25.2 Å². The maximum atomic E-state index is 13.9. The Balaban J connectivity index is 1.57. The van der Waals surface area contributed by atoms with Crippen LogP contribution in [0.3, 0.4) is 0 Å². The summed E-state index contributed by atoms with van der Waals surface area (Å²) < 4.78 is 4.96. The van der Waals surface area contributed by atoms with E-state index in [0.717, 1.165) is 23.1 Å². The Bertz CT molecular complexity index is 1330. The third-order valence-corrected chi connectivity index (χ3v) is 7.90. The molecule has 2 N–H and O–H groups in total. The van der Waals surface area contributed by atoms with Gasteiger partial charge in [-0.25, -0.2) is 14.6 Å². The molecule has 3 aliphatic rings. The number of nitrogens with one attached hydrogen (secondary N) is 2. The highest BCUT2D eigenvalue weighted by atomic mass is 16.5. The van der Waals surface area contributed by atoms with Gasteiger partial charge in [0.25, 0.3) is 0 Å². The first kappa shape index (κ1) is 32.4. The van der Waals surface area contributed by atoms with E-state index in [0.29, 0.717) is 25.4 Å². The Labute approximate surface area is 259 Å². The van der Waals surface area contributed by atoms with Gasteiger partial charge in [-0.15, -0.1) is 6.42 Å². The summed E-state index contributed by atoms with van der Waals surface area (Å²) in [5.41, 5.74) is 3.04. The van der Waals surface area contributed by atoms with Gasteiger partial charge in [0.1, 0.15) is 18.8 Å². The standard InChI is InChI=1S/C33H42N6O5/c1-5-18-37-23-30(40)38-28(8-7-17-34-33(43)44-19-6-2)31(41)36(21-27-15-11-25(4)12-16-27)22-29(38)39(37)32(42)35-20-26-13-9-24(3)10-14-26/h1,6,9,11-16,24,28-29H,2,7-8,10,17-23H2,3-4H3,(H,34,43)(H,35,42)/t24?,28-,29-/m0/s1. The highest BCUT2D eigenvalue weighted by Crippen LogP contribution is 2.29. The highest BCUT2D eigenvalue weighted by molar-refractivity contribution is 5.91. The van der Waals surface area contributed by atoms with Crippen LogP contribution in [0.1, 0.15) is 37.3 Å². The van der Waals surface area contributed by atoms with Crippen molar-refractivity contribution >= 4 is 23.9 Å². The fourth-order valence-corrected chi connectivity index (χ4v) is 5.60. The summed E-state index contributed by atoms with van der Waals surface area (Å²) in [5.74, 6) is 2.52. The van der Waals surface area contributed by atoms with E-state index >= 15 is 0 Å². The van der Waals surface area contributed by atoms with E-state index in [2.05, 4.69) is 42.2 Å². The van der Waals surface area contributed by atoms with E-state index in [1.165, 1.54) is 16.0 Å². The largest absolute Gasteiger partial charge is 0.445 e. The monoisotopic (exact) mass is 602 g/mol. The number of alkyl carbamates (subject to hydrolysis) is 1. The van der Waals surface area contributed by atoms with E-state index in [4.69, 9.17) is 11.2 Å². The Morgan fingerprint density at radius 3 is 2.66 bits per heavy atom. The van der Waals surface area contributed by atoms with Gasteiger partial charge in [-0.1, -0.05) is 73.6 Å². The van der Waals surface area contributed by atoms with Gasteiger partial charge in [0.2, 0.25) is 11.8 Å². The lowest BCUT2D eigenvalue weighted by molar-refractivity contribution is -0.189. The van der Waals surface area contributed by atoms with Crippen LogP contribution in [0.25, 0.3) is 0 Å². The molecule has 2 heterocycles. The maximum absolute atomic E-state index is 13.9. The maximum Gasteiger partial charge on any atom is 0.407 e. The van der Waals surface area contributed by atoms with Crippen LogP contribution in [0.15, 0.2) is 60.7 Å². The van der Waals surface area contributed by atoms with Gasteiger partial charge < -0.3 is 25.2 Å². The number of carbonyl (C=O) groups excluding carboxylic acids is 4. The van der Waals surface area contributed by atoms with E-state index in [1.54, 1.807) is 9.91 Å². The van der Waals surface area contributed by atoms with Crippen LogP contribution in [-0.2, 0) is 20.9 Å². The minimum atomic E-state index is -0.827. The van der Waals surface area contributed by atoms with Crippen LogP contribution in [0.4, 0.5) is 9.59 Å². The number of rotatable bonds is 11. The molecule has 3 atom stereocenters. The van der Waals surface area contributed by atoms with Gasteiger partial charge >= 0.3 is 12.1 Å². The third-order valence-electron chi connectivity index (χ3n) is 7.90. The molecule has 234 valence electrons. The van der Waals surface area contributed by atoms with Crippen LogP contribution >= 0.6 is 0 Å². The van der Waals surface area contributed by atoms with Crippen molar-refractivity contribution < 1.29 is 23.9 Å². The molecule has 4 rings (SSSR count). The van der Waals surface area contributed by atoms with Gasteiger partial charge in [-0.05, 0) is 43.2 Å². The van der Waals surface area contributed by atoms with Crippen molar-refractivity contribution in [1.29, 1.82) is 0 Å². The smallest absolute Gasteiger partial charge is 0.407 e. The number of aryl methyl sites for hydroxylation is 1. The molecule has 0 aromatic heterocycles. The van der Waals surface area contributed by atoms with E-state index in [1.807, 2.05) is 37.3 Å². The first-order valence-corrected chi connectivity index (χ1v) is 15.0. The Kier molecular flexibility index (Phi) is 11.2. The SMILES string of the molecule is C#CCN1CC(=O)N2[C@@H](CCCNC(=O)OCC=C)C(=O)N(Cc3ccc(C)cc3)C[C@@H]2N1C(=O)NCC1=CCC(C)C=C1. The summed E-state index contributed by atoms with van der Waals surface area (Å²) >= 11 is 0. The molecule has 1 aromatic carbocycles. The fraction of sp³-hybridized carbons (Fsp3) is 0.455. The number of terminal acetylenes is 1. The number of hydrogen-bond donors (Lipinski definition) is 2. The molecule has 0 radical (unpaired) electrons. The van der Waals surface area contributed by atoms with Crippen LogP contribution in [0.2, 0.25) is 0 Å². The molecule has 44 heavy (non-hydrogen) atoms. The van der Waals surface area contributed by atoms with Crippen molar-refractivity contribution in [1.82, 2.24) is 30.5 Å². The Morgan fingerprint density at radius 2 is 1.98 bits per heavy atom. The number of urea groups is 1. The number of carbonyl (C=O) groups is 4. The minimum absolute atomic E-state index is 0.0525. The van der Waals surface area contributed by atoms with Crippen molar-refractivity contribution in [3.63, 3.8) is 0 Å². The van der Waals surface area contributed by atoms with Crippen molar-refractivity contribution in [2.24, 2.45) is 5.92 Å². The number of fused-ring (bicyclic) bond motifs is 1. The predicted octanol–water partition coefficient (Wildman–Crippen LogP) is 2.95. The lowest BCUT2D eigenvalue weighted by Crippen LogP contribution is -2.76. The molecule has 1 aliphatic carbocycles. The Hall–Kier alpha value is -4.56. The summed E-state index contributed by atoms with van der Waals surface area (Å²) in [7, 11) is 0. The highest BCUT2D eigenvalue weighted by Gasteiger charge is 2.51. The minimum Gasteiger partial charge on any atom is -0.445 e. The number of hydrazine groups is 1. The zero-order chi connectivity index (χ0) is 31.6. The second-order valence-corrected chi connectivity index (χ2v) is 11.3. The molecule has 1 unspecified atom stereocenters. The van der Waals surface area contributed by atoms with Crippen molar-refractivity contribution in [2.45, 2.75) is 51.9 Å². The van der Waals surface area contributed by atoms with Crippen molar-refractivity contribution in [3.8, 4) is 12.3 Å². The normalized spacial score (nSPS) is 21.7. The van der Waals surface area contributed by atoms with Crippen LogP contribution in [-0.4, -0.2) is 95.3 Å². The van der Waals surface area contributed by atoms with Gasteiger partial charge in [0.15, 0.2) is 0 Å².